The summed E-state index contributed by atoms with van der Waals surface area (Å²) in [4.78, 5) is 0. The molecule has 2 rings (SSSR count). The molecule has 0 amide bonds. The molecular formula is C22H34O. The molecular weight excluding hydrogens is 280 g/mol. The van der Waals surface area contributed by atoms with Crippen LogP contribution in [0.3, 0.4) is 0 Å². The van der Waals surface area contributed by atoms with Crippen LogP contribution in [0, 0.1) is 5.92 Å². The van der Waals surface area contributed by atoms with Crippen LogP contribution in [-0.4, -0.2) is 6.61 Å². The van der Waals surface area contributed by atoms with Gasteiger partial charge in [-0.3, -0.25) is 0 Å². The van der Waals surface area contributed by atoms with Crippen molar-refractivity contribution in [2.75, 3.05) is 6.61 Å². The second kappa shape index (κ2) is 9.80. The molecule has 1 heteroatoms. The molecule has 1 nitrogen and oxygen atoms in total. The van der Waals surface area contributed by atoms with E-state index in [1.165, 1.54) is 50.5 Å². The first-order valence-corrected chi connectivity index (χ1v) is 9.69. The highest BCUT2D eigenvalue weighted by molar-refractivity contribution is 5.39. The molecule has 1 aliphatic carbocycles. The van der Waals surface area contributed by atoms with Gasteiger partial charge in [-0.25, -0.2) is 0 Å². The molecule has 23 heavy (non-hydrogen) atoms. The van der Waals surface area contributed by atoms with E-state index in [2.05, 4.69) is 51.1 Å². The van der Waals surface area contributed by atoms with Gasteiger partial charge in [0, 0.05) is 0 Å². The number of allylic oxidation sites excluding steroid dienone is 2. The number of hydrogen-bond donors (Lipinski definition) is 0. The lowest BCUT2D eigenvalue weighted by molar-refractivity contribution is 0.325. The molecule has 0 heterocycles. The van der Waals surface area contributed by atoms with E-state index in [9.17, 15) is 0 Å². The Labute approximate surface area is 143 Å². The quantitative estimate of drug-likeness (QED) is 0.487. The number of ether oxygens (including phenoxy) is 1. The van der Waals surface area contributed by atoms with Crippen molar-refractivity contribution in [2.24, 2.45) is 5.92 Å². The van der Waals surface area contributed by atoms with Crippen molar-refractivity contribution in [1.29, 1.82) is 0 Å². The van der Waals surface area contributed by atoms with Gasteiger partial charge in [-0.1, -0.05) is 44.6 Å². The van der Waals surface area contributed by atoms with Crippen molar-refractivity contribution < 1.29 is 4.74 Å². The molecule has 0 spiro atoms. The van der Waals surface area contributed by atoms with E-state index in [1.807, 2.05) is 0 Å². The molecule has 128 valence electrons. The van der Waals surface area contributed by atoms with Crippen LogP contribution in [0.2, 0.25) is 0 Å². The Kier molecular flexibility index (Phi) is 7.71. The molecule has 0 bridgehead atoms. The number of benzene rings is 1. The van der Waals surface area contributed by atoms with Gasteiger partial charge in [0.1, 0.15) is 5.75 Å². The van der Waals surface area contributed by atoms with Crippen molar-refractivity contribution >= 4 is 0 Å². The SMILES string of the molecule is CCC=CCC1CCC(c2ccc(OCC)c(CCC)c2)CC1. The summed E-state index contributed by atoms with van der Waals surface area (Å²) in [5, 5.41) is 0. The summed E-state index contributed by atoms with van der Waals surface area (Å²) in [7, 11) is 0. The van der Waals surface area contributed by atoms with Crippen LogP contribution in [0.15, 0.2) is 30.4 Å². The zero-order valence-electron chi connectivity index (χ0n) is 15.3. The first kappa shape index (κ1) is 18.1. The standard InChI is InChI=1S/C22H34O/c1-4-7-8-10-18-11-13-19(14-12-18)20-15-16-22(23-6-3)21(17-20)9-5-2/h7-8,15-19H,4-6,9-14H2,1-3H3. The van der Waals surface area contributed by atoms with Crippen LogP contribution in [0.4, 0.5) is 0 Å². The summed E-state index contributed by atoms with van der Waals surface area (Å²) in [6, 6.07) is 6.95. The largest absolute Gasteiger partial charge is 0.494 e. The molecule has 1 saturated carbocycles. The highest BCUT2D eigenvalue weighted by Crippen LogP contribution is 2.38. The Morgan fingerprint density at radius 3 is 2.48 bits per heavy atom. The van der Waals surface area contributed by atoms with Crippen molar-refractivity contribution in [3.8, 4) is 5.75 Å². The first-order chi connectivity index (χ1) is 11.3. The van der Waals surface area contributed by atoms with Crippen molar-refractivity contribution in [2.45, 2.75) is 78.1 Å². The summed E-state index contributed by atoms with van der Waals surface area (Å²) in [5.41, 5.74) is 2.94. The van der Waals surface area contributed by atoms with Gasteiger partial charge in [-0.2, -0.15) is 0 Å². The Balaban J connectivity index is 1.97. The fraction of sp³-hybridized carbons (Fsp3) is 0.636. The van der Waals surface area contributed by atoms with E-state index in [1.54, 1.807) is 5.56 Å². The Hall–Kier alpha value is -1.24. The molecule has 0 aliphatic heterocycles. The van der Waals surface area contributed by atoms with Gasteiger partial charge in [-0.05, 0) is 80.9 Å². The maximum absolute atomic E-state index is 5.80. The number of hydrogen-bond acceptors (Lipinski definition) is 1. The topological polar surface area (TPSA) is 9.23 Å². The molecule has 0 N–H and O–H groups in total. The maximum atomic E-state index is 5.80. The maximum Gasteiger partial charge on any atom is 0.122 e. The van der Waals surface area contributed by atoms with E-state index < -0.39 is 0 Å². The summed E-state index contributed by atoms with van der Waals surface area (Å²) < 4.78 is 5.80. The highest BCUT2D eigenvalue weighted by atomic mass is 16.5. The first-order valence-electron chi connectivity index (χ1n) is 9.69. The summed E-state index contributed by atoms with van der Waals surface area (Å²) in [6.45, 7) is 7.29. The van der Waals surface area contributed by atoms with Crippen molar-refractivity contribution in [1.82, 2.24) is 0 Å². The van der Waals surface area contributed by atoms with E-state index in [0.717, 1.165) is 30.6 Å². The second-order valence-electron chi connectivity index (χ2n) is 6.88. The van der Waals surface area contributed by atoms with Crippen LogP contribution in [0.25, 0.3) is 0 Å². The average molecular weight is 315 g/mol. The van der Waals surface area contributed by atoms with E-state index in [4.69, 9.17) is 4.74 Å². The zero-order chi connectivity index (χ0) is 16.5. The third-order valence-electron chi connectivity index (χ3n) is 5.09. The summed E-state index contributed by atoms with van der Waals surface area (Å²) >= 11 is 0. The van der Waals surface area contributed by atoms with Crippen LogP contribution in [-0.2, 0) is 6.42 Å². The predicted molar refractivity (Wildman–Crippen MR) is 100 cm³/mol. The monoisotopic (exact) mass is 314 g/mol. The van der Waals surface area contributed by atoms with Gasteiger partial charge in [0.25, 0.3) is 0 Å². The van der Waals surface area contributed by atoms with E-state index in [0.29, 0.717) is 0 Å². The van der Waals surface area contributed by atoms with Gasteiger partial charge in [-0.15, -0.1) is 0 Å². The summed E-state index contributed by atoms with van der Waals surface area (Å²) in [6.07, 6.45) is 14.9. The third kappa shape index (κ3) is 5.41. The van der Waals surface area contributed by atoms with Crippen LogP contribution in [0.5, 0.6) is 5.75 Å². The number of aryl methyl sites for hydroxylation is 1. The van der Waals surface area contributed by atoms with Crippen LogP contribution >= 0.6 is 0 Å². The van der Waals surface area contributed by atoms with Gasteiger partial charge in [0.15, 0.2) is 0 Å². The minimum absolute atomic E-state index is 0.756. The van der Waals surface area contributed by atoms with E-state index in [-0.39, 0.29) is 0 Å². The van der Waals surface area contributed by atoms with Crippen LogP contribution < -0.4 is 4.74 Å². The highest BCUT2D eigenvalue weighted by Gasteiger charge is 2.22. The Bertz CT molecular complexity index is 481. The molecule has 1 aromatic rings. The molecule has 0 atom stereocenters. The molecule has 1 fully saturated rings. The van der Waals surface area contributed by atoms with Crippen molar-refractivity contribution in [3.05, 3.63) is 41.5 Å². The lowest BCUT2D eigenvalue weighted by Gasteiger charge is -2.28. The van der Waals surface area contributed by atoms with Gasteiger partial charge in [0.2, 0.25) is 0 Å². The molecule has 0 saturated heterocycles. The predicted octanol–water partition coefficient (Wildman–Crippen LogP) is 6.67. The molecule has 0 aromatic heterocycles. The lowest BCUT2D eigenvalue weighted by Crippen LogP contribution is -2.13. The van der Waals surface area contributed by atoms with Gasteiger partial charge >= 0.3 is 0 Å². The Morgan fingerprint density at radius 2 is 1.83 bits per heavy atom. The molecule has 0 unspecified atom stereocenters. The van der Waals surface area contributed by atoms with Gasteiger partial charge < -0.3 is 4.74 Å². The minimum atomic E-state index is 0.756. The molecule has 1 aliphatic rings. The fourth-order valence-corrected chi connectivity index (χ4v) is 3.80. The minimum Gasteiger partial charge on any atom is -0.494 e. The third-order valence-corrected chi connectivity index (χ3v) is 5.09. The summed E-state index contributed by atoms with van der Waals surface area (Å²) in [5.74, 6) is 2.76. The van der Waals surface area contributed by atoms with E-state index >= 15 is 0 Å². The normalized spacial score (nSPS) is 21.7. The smallest absolute Gasteiger partial charge is 0.122 e. The van der Waals surface area contributed by atoms with Gasteiger partial charge in [0.05, 0.1) is 6.61 Å². The Morgan fingerprint density at radius 1 is 1.04 bits per heavy atom. The zero-order valence-corrected chi connectivity index (χ0v) is 15.3. The fourth-order valence-electron chi connectivity index (χ4n) is 3.80. The average Bonchev–Trinajstić information content (AvgIpc) is 2.58. The second-order valence-corrected chi connectivity index (χ2v) is 6.88. The van der Waals surface area contributed by atoms with Crippen molar-refractivity contribution in [3.63, 3.8) is 0 Å². The molecule has 0 radical (unpaired) electrons. The lowest BCUT2D eigenvalue weighted by atomic mass is 9.77. The molecule has 1 aromatic carbocycles. The van der Waals surface area contributed by atoms with Crippen LogP contribution in [0.1, 0.15) is 82.8 Å². The number of rotatable bonds is 8.